The summed E-state index contributed by atoms with van der Waals surface area (Å²) in [6, 6.07) is 7.98. The Morgan fingerprint density at radius 2 is 2.31 bits per heavy atom. The Hall–Kier alpha value is -1.39. The van der Waals surface area contributed by atoms with Crippen molar-refractivity contribution in [2.24, 2.45) is 4.99 Å². The van der Waals surface area contributed by atoms with Crippen molar-refractivity contribution >= 4 is 41.5 Å². The predicted octanol–water partition coefficient (Wildman–Crippen LogP) is 3.41. The minimum absolute atomic E-state index is 0. The molecule has 2 atom stereocenters. The number of aromatic nitrogens is 3. The summed E-state index contributed by atoms with van der Waals surface area (Å²) in [5.41, 5.74) is 1.07. The third-order valence-corrected chi connectivity index (χ3v) is 5.09. The number of ether oxygens (including phenoxy) is 1. The van der Waals surface area contributed by atoms with Gasteiger partial charge in [0, 0.05) is 31.1 Å². The number of aryl methyl sites for hydroxylation is 1. The van der Waals surface area contributed by atoms with Crippen molar-refractivity contribution in [3.63, 3.8) is 0 Å². The molecule has 1 fully saturated rings. The second-order valence-electron chi connectivity index (χ2n) is 7.00. The van der Waals surface area contributed by atoms with Crippen LogP contribution in [0.15, 0.2) is 35.6 Å². The number of guanidine groups is 1. The molecule has 9 heteroatoms. The molecule has 2 N–H and O–H groups in total. The van der Waals surface area contributed by atoms with Gasteiger partial charge in [-0.15, -0.1) is 34.2 Å². The van der Waals surface area contributed by atoms with E-state index in [1.54, 1.807) is 6.33 Å². The lowest BCUT2D eigenvalue weighted by Crippen LogP contribution is -2.47. The Morgan fingerprint density at radius 1 is 1.45 bits per heavy atom. The van der Waals surface area contributed by atoms with Crippen LogP contribution < -0.4 is 10.6 Å². The first kappa shape index (κ1) is 23.9. The van der Waals surface area contributed by atoms with Gasteiger partial charge in [-0.3, -0.25) is 0 Å². The molecule has 1 aliphatic heterocycles. The zero-order valence-corrected chi connectivity index (χ0v) is 20.1. The fourth-order valence-corrected chi connectivity index (χ4v) is 3.51. The molecule has 160 valence electrons. The molecule has 3 rings (SSSR count). The van der Waals surface area contributed by atoms with Crippen LogP contribution in [0.1, 0.15) is 38.1 Å². The lowest BCUT2D eigenvalue weighted by Gasteiger charge is -2.23. The summed E-state index contributed by atoms with van der Waals surface area (Å²) in [4.78, 5) is 4.75. The number of rotatable bonds is 8. The molecule has 1 aromatic heterocycles. The molecule has 0 bridgehead atoms. The summed E-state index contributed by atoms with van der Waals surface area (Å²) in [7, 11) is 0. The highest BCUT2D eigenvalue weighted by molar-refractivity contribution is 14.0. The molecule has 29 heavy (non-hydrogen) atoms. The molecule has 1 aliphatic rings. The van der Waals surface area contributed by atoms with E-state index in [1.807, 2.05) is 24.3 Å². The average molecular weight is 533 g/mol. The van der Waals surface area contributed by atoms with Gasteiger partial charge in [-0.05, 0) is 37.5 Å². The first-order valence-electron chi connectivity index (χ1n) is 9.93. The third kappa shape index (κ3) is 7.42. The summed E-state index contributed by atoms with van der Waals surface area (Å²) >= 11 is 6.09. The molecular weight excluding hydrogens is 503 g/mol. The molecular formula is C20H30ClIN6O. The Balaban J connectivity index is 0.00000300. The maximum absolute atomic E-state index is 6.09. The highest BCUT2D eigenvalue weighted by Gasteiger charge is 2.23. The Kier molecular flexibility index (Phi) is 10.2. The second-order valence-corrected chi connectivity index (χ2v) is 7.44. The molecule has 1 aromatic carbocycles. The van der Waals surface area contributed by atoms with Gasteiger partial charge in [0.2, 0.25) is 0 Å². The smallest absolute Gasteiger partial charge is 0.191 e. The fourth-order valence-electron chi connectivity index (χ4n) is 3.30. The normalized spacial score (nSPS) is 17.6. The van der Waals surface area contributed by atoms with Gasteiger partial charge < -0.3 is 19.9 Å². The Morgan fingerprint density at radius 3 is 3.03 bits per heavy atom. The van der Waals surface area contributed by atoms with Crippen LogP contribution in [0, 0.1) is 0 Å². The molecule has 0 saturated carbocycles. The quantitative estimate of drug-likeness (QED) is 0.310. The molecule has 0 amide bonds. The molecule has 2 heterocycles. The average Bonchev–Trinajstić information content (AvgIpc) is 3.37. The Bertz CT molecular complexity index is 778. The monoisotopic (exact) mass is 532 g/mol. The van der Waals surface area contributed by atoms with Crippen molar-refractivity contribution in [3.8, 4) is 0 Å². The van der Waals surface area contributed by atoms with Crippen molar-refractivity contribution in [1.29, 1.82) is 0 Å². The minimum atomic E-state index is 0. The maximum atomic E-state index is 6.09. The predicted molar refractivity (Wildman–Crippen MR) is 127 cm³/mol. The fraction of sp³-hybridized carbons (Fsp3) is 0.550. The molecule has 0 aliphatic carbocycles. The largest absolute Gasteiger partial charge is 0.376 e. The summed E-state index contributed by atoms with van der Waals surface area (Å²) in [5.74, 6) is 1.76. The van der Waals surface area contributed by atoms with Crippen LogP contribution >= 0.6 is 35.6 Å². The molecule has 2 unspecified atom stereocenters. The molecule has 0 spiro atoms. The van der Waals surface area contributed by atoms with Gasteiger partial charge >= 0.3 is 0 Å². The number of hydrogen-bond donors (Lipinski definition) is 2. The molecule has 7 nitrogen and oxygen atoms in total. The molecule has 0 radical (unpaired) electrons. The van der Waals surface area contributed by atoms with E-state index in [4.69, 9.17) is 21.3 Å². The van der Waals surface area contributed by atoms with E-state index in [2.05, 4.69) is 39.2 Å². The van der Waals surface area contributed by atoms with Crippen LogP contribution in [0.5, 0.6) is 0 Å². The van der Waals surface area contributed by atoms with Crippen LogP contribution in [0.4, 0.5) is 0 Å². The van der Waals surface area contributed by atoms with Crippen molar-refractivity contribution in [1.82, 2.24) is 25.4 Å². The first-order valence-corrected chi connectivity index (χ1v) is 10.3. The van der Waals surface area contributed by atoms with Gasteiger partial charge in [-0.25, -0.2) is 4.99 Å². The second kappa shape index (κ2) is 12.3. The maximum Gasteiger partial charge on any atom is 0.191 e. The van der Waals surface area contributed by atoms with E-state index in [0.29, 0.717) is 6.54 Å². The SMILES string of the molecule is CCc1nncn1CCNC(=NCc1cccc(Cl)c1)NC(C)C1CCCO1.I. The van der Waals surface area contributed by atoms with Gasteiger partial charge in [0.25, 0.3) is 0 Å². The number of halogens is 2. The standard InChI is InChI=1S/C20H29ClN6O.HI/c1-3-19-26-24-14-27(19)10-9-22-20(25-15(2)18-8-5-11-28-18)23-13-16-6-4-7-17(21)12-16;/h4,6-7,12,14-15,18H,3,5,8-11,13H2,1-2H3,(H2,22,23,25);1H. The number of aliphatic imine (C=N–C) groups is 1. The summed E-state index contributed by atoms with van der Waals surface area (Å²) < 4.78 is 7.87. The highest BCUT2D eigenvalue weighted by atomic mass is 127. The Labute approximate surface area is 194 Å². The topological polar surface area (TPSA) is 76.4 Å². The van der Waals surface area contributed by atoms with Crippen molar-refractivity contribution in [3.05, 3.63) is 47.0 Å². The highest BCUT2D eigenvalue weighted by Crippen LogP contribution is 2.15. The first-order chi connectivity index (χ1) is 13.7. The van der Waals surface area contributed by atoms with E-state index in [1.165, 1.54) is 0 Å². The van der Waals surface area contributed by atoms with Crippen molar-refractivity contribution < 1.29 is 4.74 Å². The third-order valence-electron chi connectivity index (χ3n) is 4.85. The zero-order chi connectivity index (χ0) is 19.8. The van der Waals surface area contributed by atoms with Gasteiger partial charge in [0.05, 0.1) is 18.7 Å². The van der Waals surface area contributed by atoms with Crippen molar-refractivity contribution in [2.45, 2.75) is 58.3 Å². The van der Waals surface area contributed by atoms with Crippen LogP contribution in [0.2, 0.25) is 5.02 Å². The van der Waals surface area contributed by atoms with Gasteiger partial charge in [-0.1, -0.05) is 30.7 Å². The minimum Gasteiger partial charge on any atom is -0.376 e. The number of benzene rings is 1. The van der Waals surface area contributed by atoms with Gasteiger partial charge in [-0.2, -0.15) is 0 Å². The number of nitrogens with one attached hydrogen (secondary N) is 2. The van der Waals surface area contributed by atoms with E-state index in [9.17, 15) is 0 Å². The van der Waals surface area contributed by atoms with Gasteiger partial charge in [0.15, 0.2) is 5.96 Å². The molecule has 2 aromatic rings. The number of hydrogen-bond acceptors (Lipinski definition) is 4. The lowest BCUT2D eigenvalue weighted by atomic mass is 10.1. The van der Waals surface area contributed by atoms with E-state index in [-0.39, 0.29) is 36.1 Å². The van der Waals surface area contributed by atoms with E-state index < -0.39 is 0 Å². The summed E-state index contributed by atoms with van der Waals surface area (Å²) in [6.45, 7) is 7.12. The summed E-state index contributed by atoms with van der Waals surface area (Å²) in [5, 5.41) is 15.8. The molecule has 1 saturated heterocycles. The zero-order valence-electron chi connectivity index (χ0n) is 17.0. The van der Waals surface area contributed by atoms with Gasteiger partial charge in [0.1, 0.15) is 12.2 Å². The lowest BCUT2D eigenvalue weighted by molar-refractivity contribution is 0.0890. The van der Waals surface area contributed by atoms with Crippen LogP contribution in [-0.4, -0.2) is 46.0 Å². The number of nitrogens with zero attached hydrogens (tertiary/aromatic N) is 4. The van der Waals surface area contributed by atoms with E-state index in [0.717, 1.165) is 61.3 Å². The summed E-state index contributed by atoms with van der Waals surface area (Å²) in [6.07, 6.45) is 5.06. The van der Waals surface area contributed by atoms with Crippen LogP contribution in [-0.2, 0) is 24.2 Å². The van der Waals surface area contributed by atoms with E-state index >= 15 is 0 Å². The van der Waals surface area contributed by atoms with Crippen LogP contribution in [0.3, 0.4) is 0 Å². The van der Waals surface area contributed by atoms with Crippen LogP contribution in [0.25, 0.3) is 0 Å². The van der Waals surface area contributed by atoms with Crippen molar-refractivity contribution in [2.75, 3.05) is 13.2 Å².